The topological polar surface area (TPSA) is 137 Å². The molecule has 0 radical (unpaired) electrons. The summed E-state index contributed by atoms with van der Waals surface area (Å²) >= 11 is 0. The van der Waals surface area contributed by atoms with Crippen LogP contribution in [0.5, 0.6) is 5.75 Å². The molecule has 2 aliphatic carbocycles. The number of amides is 2. The second kappa shape index (κ2) is 14.3. The first kappa shape index (κ1) is 35.9. The van der Waals surface area contributed by atoms with Crippen LogP contribution in [-0.2, 0) is 31.2 Å². The minimum atomic E-state index is -3.66. The third-order valence-electron chi connectivity index (χ3n) is 12.4. The zero-order chi connectivity index (χ0) is 36.9. The third kappa shape index (κ3) is 6.80. The Morgan fingerprint density at radius 2 is 2.00 bits per heavy atom. The number of hydrogen-bond donors (Lipinski definition) is 1. The zero-order valence-electron chi connectivity index (χ0n) is 31.0. The molecule has 2 amide bonds. The molecule has 12 nitrogen and oxygen atoms in total. The molecule has 1 saturated carbocycles. The highest BCUT2D eigenvalue weighted by atomic mass is 32.2. The van der Waals surface area contributed by atoms with Gasteiger partial charge in [-0.15, -0.1) is 4.36 Å². The number of hydrogen-bond acceptors (Lipinski definition) is 9. The van der Waals surface area contributed by atoms with Gasteiger partial charge >= 0.3 is 5.91 Å². The van der Waals surface area contributed by atoms with Crippen molar-refractivity contribution in [1.29, 1.82) is 0 Å². The molecule has 5 heterocycles. The highest BCUT2D eigenvalue weighted by Gasteiger charge is 2.45. The van der Waals surface area contributed by atoms with E-state index < -0.39 is 27.0 Å². The van der Waals surface area contributed by atoms with Crippen molar-refractivity contribution in [3.63, 3.8) is 0 Å². The monoisotopic (exact) mass is 742 g/mol. The number of ether oxygens (including phenoxy) is 3. The number of methoxy groups -OCH3 is 1. The predicted octanol–water partition coefficient (Wildman–Crippen LogP) is 5.61. The van der Waals surface area contributed by atoms with Crippen molar-refractivity contribution < 1.29 is 28.0 Å². The standard InChI is InChI=1S/C40H50N6O6S/c1-25-10-13-33-28(17-25)8-6-16-40(33)23-45-19-29-11-12-32(29)35(50-4)9-5-7-26(2)27(3)53(49,43-38(47)30-18-41-46(20-30)31-21-51-22-31)44-39(48)34-14-15-36(52-24-40)37(45)42-34/h5,9-10,13-15,17-18,20,26-27,29,31-32,35H,6-8,11-12,16,19,21-24H2,1-4H3,(H,43,44,47,48,49)/b9-5+. The lowest BCUT2D eigenvalue weighted by Crippen LogP contribution is -2.49. The minimum Gasteiger partial charge on any atom is -0.489 e. The number of pyridine rings is 1. The number of carbonyl (C=O) groups excluding carboxylic acids is 2. The Labute approximate surface area is 312 Å². The molecular formula is C40H50N6O6S. The number of nitrogens with zero attached hydrogens (tertiary/aromatic N) is 5. The van der Waals surface area contributed by atoms with Crippen LogP contribution < -0.4 is 14.4 Å². The summed E-state index contributed by atoms with van der Waals surface area (Å²) in [5, 5.41) is 3.63. The number of fused-ring (bicyclic) bond motifs is 4. The van der Waals surface area contributed by atoms with Gasteiger partial charge in [-0.25, -0.2) is 9.19 Å². The van der Waals surface area contributed by atoms with Crippen molar-refractivity contribution in [2.45, 2.75) is 82.1 Å². The second-order valence-electron chi connectivity index (χ2n) is 15.8. The second-order valence-corrected chi connectivity index (χ2v) is 18.1. The average Bonchev–Trinajstić information content (AvgIpc) is 3.53. The molecule has 53 heavy (non-hydrogen) atoms. The van der Waals surface area contributed by atoms with E-state index >= 15 is 0 Å². The first-order valence-electron chi connectivity index (χ1n) is 19.0. The van der Waals surface area contributed by atoms with Crippen LogP contribution in [0.15, 0.2) is 59.2 Å². The minimum absolute atomic E-state index is 0.0469. The summed E-state index contributed by atoms with van der Waals surface area (Å²) in [6, 6.07) is 10.2. The number of aromatic nitrogens is 3. The molecule has 3 aromatic rings. The van der Waals surface area contributed by atoms with Crippen LogP contribution in [0.3, 0.4) is 0 Å². The number of benzene rings is 1. The van der Waals surface area contributed by atoms with Gasteiger partial charge in [-0.05, 0) is 93.4 Å². The Hall–Kier alpha value is -4.07. The van der Waals surface area contributed by atoms with Gasteiger partial charge in [-0.2, -0.15) is 5.10 Å². The molecule has 1 spiro atoms. The van der Waals surface area contributed by atoms with Crippen LogP contribution in [0.25, 0.3) is 0 Å². The van der Waals surface area contributed by atoms with Crippen LogP contribution in [0, 0.1) is 24.7 Å². The predicted molar refractivity (Wildman–Crippen MR) is 202 cm³/mol. The van der Waals surface area contributed by atoms with Crippen LogP contribution in [0.2, 0.25) is 0 Å². The van der Waals surface area contributed by atoms with Crippen molar-refractivity contribution in [2.24, 2.45) is 22.1 Å². The highest BCUT2D eigenvalue weighted by Crippen LogP contribution is 2.46. The molecule has 5 aliphatic rings. The van der Waals surface area contributed by atoms with Crippen LogP contribution in [0.4, 0.5) is 5.82 Å². The molecule has 1 N–H and O–H groups in total. The van der Waals surface area contributed by atoms with Crippen molar-refractivity contribution in [2.75, 3.05) is 44.9 Å². The van der Waals surface area contributed by atoms with Gasteiger partial charge in [-0.3, -0.25) is 19.0 Å². The third-order valence-corrected chi connectivity index (χ3v) is 14.8. The Bertz CT molecular complexity index is 2050. The van der Waals surface area contributed by atoms with E-state index in [1.165, 1.54) is 22.9 Å². The molecule has 7 unspecified atom stereocenters. The Morgan fingerprint density at radius 3 is 2.75 bits per heavy atom. The number of allylic oxidation sites excluding steroid dienone is 1. The Kier molecular flexibility index (Phi) is 9.69. The lowest BCUT2D eigenvalue weighted by Gasteiger charge is -2.45. The summed E-state index contributed by atoms with van der Waals surface area (Å²) in [6.45, 7) is 8.84. The van der Waals surface area contributed by atoms with E-state index in [4.69, 9.17) is 19.2 Å². The summed E-state index contributed by atoms with van der Waals surface area (Å²) in [4.78, 5) is 35.0. The zero-order valence-corrected chi connectivity index (χ0v) is 31.8. The molecule has 13 heteroatoms. The van der Waals surface area contributed by atoms with Gasteiger partial charge in [0.2, 0.25) is 0 Å². The Balaban J connectivity index is 1.19. The van der Waals surface area contributed by atoms with Gasteiger partial charge in [-0.1, -0.05) is 42.8 Å². The quantitative estimate of drug-likeness (QED) is 0.339. The van der Waals surface area contributed by atoms with Gasteiger partial charge < -0.3 is 19.1 Å². The SMILES string of the molecule is COC1/C=C/CC(C)C(C)S(=O)(NC(=O)c2cnn(C3COC3)c2)=NC(=O)c2ccc3c(n2)N(CC2CCC21)CC1(CCCc2cc(C)ccc21)CO3. The molecule has 2 aromatic heterocycles. The van der Waals surface area contributed by atoms with E-state index in [2.05, 4.69) is 56.4 Å². The maximum absolute atomic E-state index is 14.9. The maximum atomic E-state index is 14.9. The normalized spacial score (nSPS) is 32.2. The first-order valence-corrected chi connectivity index (χ1v) is 20.6. The maximum Gasteiger partial charge on any atom is 0.305 e. The van der Waals surface area contributed by atoms with E-state index in [1.807, 2.05) is 6.92 Å². The number of nitrogens with one attached hydrogen (secondary N) is 1. The molecule has 3 aliphatic heterocycles. The molecule has 7 atom stereocenters. The lowest BCUT2D eigenvalue weighted by atomic mass is 9.68. The van der Waals surface area contributed by atoms with E-state index in [0.29, 0.717) is 56.2 Å². The molecular weight excluding hydrogens is 693 g/mol. The fourth-order valence-corrected chi connectivity index (χ4v) is 10.6. The summed E-state index contributed by atoms with van der Waals surface area (Å²) in [7, 11) is -1.89. The fraction of sp³-hybridized carbons (Fsp3) is 0.550. The summed E-state index contributed by atoms with van der Waals surface area (Å²) in [6.07, 6.45) is 13.0. The summed E-state index contributed by atoms with van der Waals surface area (Å²) in [5.74, 6) is 0.323. The van der Waals surface area contributed by atoms with E-state index in [0.717, 1.165) is 38.6 Å². The van der Waals surface area contributed by atoms with Crippen LogP contribution >= 0.6 is 0 Å². The van der Waals surface area contributed by atoms with Crippen molar-refractivity contribution in [1.82, 2.24) is 19.5 Å². The van der Waals surface area contributed by atoms with Gasteiger partial charge in [0.05, 0.1) is 49.0 Å². The highest BCUT2D eigenvalue weighted by molar-refractivity contribution is 7.93. The van der Waals surface area contributed by atoms with Crippen molar-refractivity contribution in [3.8, 4) is 5.75 Å². The van der Waals surface area contributed by atoms with Gasteiger partial charge in [0.25, 0.3) is 5.91 Å². The van der Waals surface area contributed by atoms with Crippen LogP contribution in [0.1, 0.15) is 89.5 Å². The fourth-order valence-electron chi connectivity index (χ4n) is 8.72. The largest absolute Gasteiger partial charge is 0.489 e. The number of aryl methyl sites for hydroxylation is 2. The van der Waals surface area contributed by atoms with E-state index in [-0.39, 0.29) is 34.7 Å². The van der Waals surface area contributed by atoms with Crippen molar-refractivity contribution >= 4 is 27.5 Å². The van der Waals surface area contributed by atoms with E-state index in [9.17, 15) is 13.8 Å². The smallest absolute Gasteiger partial charge is 0.305 e. The number of anilines is 1. The molecule has 2 fully saturated rings. The lowest BCUT2D eigenvalue weighted by molar-refractivity contribution is -0.0286. The van der Waals surface area contributed by atoms with Gasteiger partial charge in [0.15, 0.2) is 11.6 Å². The summed E-state index contributed by atoms with van der Waals surface area (Å²) in [5.41, 5.74) is 3.99. The first-order chi connectivity index (χ1) is 25.6. The van der Waals surface area contributed by atoms with E-state index in [1.54, 1.807) is 37.0 Å². The molecule has 2 bridgehead atoms. The van der Waals surface area contributed by atoms with Crippen LogP contribution in [-0.4, -0.2) is 82.2 Å². The average molecular weight is 743 g/mol. The van der Waals surface area contributed by atoms with Crippen molar-refractivity contribution in [3.05, 3.63) is 82.8 Å². The molecule has 1 aromatic carbocycles. The molecule has 1 saturated heterocycles. The van der Waals surface area contributed by atoms with Gasteiger partial charge in [0, 0.05) is 31.8 Å². The molecule has 282 valence electrons. The Morgan fingerprint density at radius 1 is 1.15 bits per heavy atom. The van der Waals surface area contributed by atoms with Gasteiger partial charge in [0.1, 0.15) is 15.6 Å². The molecule has 8 rings (SSSR count). The number of carbonyl (C=O) groups is 2. The number of rotatable bonds is 4. The summed E-state index contributed by atoms with van der Waals surface area (Å²) < 4.78 is 41.6.